The van der Waals surface area contributed by atoms with Gasteiger partial charge in [0.25, 0.3) is 0 Å². The van der Waals surface area contributed by atoms with Crippen LogP contribution in [-0.4, -0.2) is 10.8 Å². The fourth-order valence-corrected chi connectivity index (χ4v) is 4.20. The Morgan fingerprint density at radius 2 is 1.79 bits per heavy atom. The molecule has 0 aliphatic heterocycles. The van der Waals surface area contributed by atoms with Crippen molar-refractivity contribution in [2.45, 2.75) is 16.7 Å². The summed E-state index contributed by atoms with van der Waals surface area (Å²) >= 11 is 1.60. The number of ketones is 1. The first-order valence-corrected chi connectivity index (χ1v) is 9.64. The Hall–Kier alpha value is -3.42. The summed E-state index contributed by atoms with van der Waals surface area (Å²) in [5.74, 6) is 0.0514. The summed E-state index contributed by atoms with van der Waals surface area (Å²) in [5, 5.41) is 11.4. The second kappa shape index (κ2) is 7.67. The average molecular weight is 380 g/mol. The third-order valence-corrected chi connectivity index (χ3v) is 5.65. The smallest absolute Gasteiger partial charge is 0.159 e. The van der Waals surface area contributed by atoms with Crippen LogP contribution in [-0.2, 0) is 0 Å². The number of hydrogen-bond donors (Lipinski definition) is 0. The SMILES string of the molecule is CC(=O)c1cccc(Sc2ccncc2-c2ccc(C#N)c3ccccc23)c1. The minimum absolute atomic E-state index is 0.0514. The molecule has 0 fully saturated rings. The molecule has 0 amide bonds. The van der Waals surface area contributed by atoms with E-state index in [-0.39, 0.29) is 5.78 Å². The van der Waals surface area contributed by atoms with Crippen molar-refractivity contribution in [2.24, 2.45) is 0 Å². The number of aromatic nitrogens is 1. The van der Waals surface area contributed by atoms with Gasteiger partial charge in [-0.15, -0.1) is 0 Å². The van der Waals surface area contributed by atoms with Gasteiger partial charge < -0.3 is 0 Å². The molecule has 0 aliphatic carbocycles. The van der Waals surface area contributed by atoms with Gasteiger partial charge in [-0.3, -0.25) is 9.78 Å². The average Bonchev–Trinajstić information content (AvgIpc) is 2.73. The summed E-state index contributed by atoms with van der Waals surface area (Å²) in [4.78, 5) is 18.1. The summed E-state index contributed by atoms with van der Waals surface area (Å²) in [7, 11) is 0. The monoisotopic (exact) mass is 380 g/mol. The maximum atomic E-state index is 11.7. The highest BCUT2D eigenvalue weighted by molar-refractivity contribution is 7.99. The highest BCUT2D eigenvalue weighted by atomic mass is 32.2. The molecule has 0 bridgehead atoms. The highest BCUT2D eigenvalue weighted by Gasteiger charge is 2.12. The van der Waals surface area contributed by atoms with E-state index >= 15 is 0 Å². The zero-order chi connectivity index (χ0) is 19.5. The van der Waals surface area contributed by atoms with Crippen LogP contribution in [0.5, 0.6) is 0 Å². The third kappa shape index (κ3) is 3.40. The minimum atomic E-state index is 0.0514. The first-order chi connectivity index (χ1) is 13.7. The fourth-order valence-electron chi connectivity index (χ4n) is 3.21. The van der Waals surface area contributed by atoms with Crippen molar-refractivity contribution in [2.75, 3.05) is 0 Å². The van der Waals surface area contributed by atoms with Crippen LogP contribution in [0.3, 0.4) is 0 Å². The molecule has 134 valence electrons. The van der Waals surface area contributed by atoms with Crippen molar-refractivity contribution in [1.29, 1.82) is 5.26 Å². The number of carbonyl (C=O) groups excluding carboxylic acids is 1. The van der Waals surface area contributed by atoms with Crippen molar-refractivity contribution in [1.82, 2.24) is 4.98 Å². The Labute approximate surface area is 167 Å². The van der Waals surface area contributed by atoms with Crippen LogP contribution < -0.4 is 0 Å². The Balaban J connectivity index is 1.84. The molecule has 0 unspecified atom stereocenters. The van der Waals surface area contributed by atoms with Crippen molar-refractivity contribution >= 4 is 28.3 Å². The van der Waals surface area contributed by atoms with E-state index in [9.17, 15) is 10.1 Å². The quantitative estimate of drug-likeness (QED) is 0.400. The molecule has 0 N–H and O–H groups in total. The van der Waals surface area contributed by atoms with E-state index < -0.39 is 0 Å². The normalized spacial score (nSPS) is 10.6. The number of nitrogens with zero attached hydrogens (tertiary/aromatic N) is 2. The molecule has 4 aromatic rings. The van der Waals surface area contributed by atoms with Gasteiger partial charge in [-0.25, -0.2) is 0 Å². The van der Waals surface area contributed by atoms with Gasteiger partial charge in [0, 0.05) is 38.7 Å². The van der Waals surface area contributed by atoms with Crippen LogP contribution >= 0.6 is 11.8 Å². The Bertz CT molecular complexity index is 1240. The van der Waals surface area contributed by atoms with Gasteiger partial charge in [-0.2, -0.15) is 5.26 Å². The van der Waals surface area contributed by atoms with E-state index in [2.05, 4.69) is 11.1 Å². The second-order valence-electron chi connectivity index (χ2n) is 6.38. The maximum absolute atomic E-state index is 11.7. The number of rotatable bonds is 4. The molecule has 0 atom stereocenters. The number of benzene rings is 3. The van der Waals surface area contributed by atoms with E-state index in [0.29, 0.717) is 11.1 Å². The first-order valence-electron chi connectivity index (χ1n) is 8.82. The molecular formula is C24H16N2OS. The number of fused-ring (bicyclic) bond motifs is 1. The predicted octanol–water partition coefficient (Wildman–Crippen LogP) is 6.13. The molecule has 3 aromatic carbocycles. The van der Waals surface area contributed by atoms with Gasteiger partial charge in [0.05, 0.1) is 11.6 Å². The summed E-state index contributed by atoms with van der Waals surface area (Å²) in [6, 6.07) is 23.6. The van der Waals surface area contributed by atoms with Crippen LogP contribution in [0.1, 0.15) is 22.8 Å². The number of Topliss-reactive ketones (excluding diaryl/α,β-unsaturated/α-hetero) is 1. The summed E-state index contributed by atoms with van der Waals surface area (Å²) in [5.41, 5.74) is 3.39. The first kappa shape index (κ1) is 18.0. The molecule has 0 saturated carbocycles. The van der Waals surface area contributed by atoms with Crippen LogP contribution in [0.2, 0.25) is 0 Å². The predicted molar refractivity (Wildman–Crippen MR) is 112 cm³/mol. The Kier molecular flexibility index (Phi) is 4.92. The third-order valence-electron chi connectivity index (χ3n) is 4.58. The van der Waals surface area contributed by atoms with Gasteiger partial charge in [-0.1, -0.05) is 54.2 Å². The summed E-state index contributed by atoms with van der Waals surface area (Å²) in [6.45, 7) is 1.57. The molecular weight excluding hydrogens is 364 g/mol. The molecule has 0 spiro atoms. The van der Waals surface area contributed by atoms with E-state index in [0.717, 1.165) is 31.7 Å². The second-order valence-corrected chi connectivity index (χ2v) is 7.49. The van der Waals surface area contributed by atoms with Gasteiger partial charge in [0.2, 0.25) is 0 Å². The zero-order valence-electron chi connectivity index (χ0n) is 15.2. The lowest BCUT2D eigenvalue weighted by atomic mass is 9.96. The molecule has 1 heterocycles. The van der Waals surface area contributed by atoms with Gasteiger partial charge in [0.1, 0.15) is 0 Å². The van der Waals surface area contributed by atoms with Crippen LogP contribution in [0, 0.1) is 11.3 Å². The number of hydrogen-bond acceptors (Lipinski definition) is 4. The van der Waals surface area contributed by atoms with Gasteiger partial charge in [-0.05, 0) is 42.1 Å². The maximum Gasteiger partial charge on any atom is 0.159 e. The van der Waals surface area contributed by atoms with Gasteiger partial charge >= 0.3 is 0 Å². The molecule has 4 heteroatoms. The number of carbonyl (C=O) groups is 1. The van der Waals surface area contributed by atoms with Crippen molar-refractivity contribution in [3.05, 3.63) is 90.3 Å². The van der Waals surface area contributed by atoms with E-state index in [1.807, 2.05) is 72.9 Å². The Morgan fingerprint density at radius 3 is 2.57 bits per heavy atom. The summed E-state index contributed by atoms with van der Waals surface area (Å²) in [6.07, 6.45) is 3.62. The lowest BCUT2D eigenvalue weighted by molar-refractivity contribution is 0.101. The molecule has 4 rings (SSSR count). The molecule has 0 saturated heterocycles. The van der Waals surface area contributed by atoms with Crippen molar-refractivity contribution < 1.29 is 4.79 Å². The lowest BCUT2D eigenvalue weighted by Crippen LogP contribution is -1.92. The molecule has 1 aromatic heterocycles. The fraction of sp³-hybridized carbons (Fsp3) is 0.0417. The largest absolute Gasteiger partial charge is 0.295 e. The highest BCUT2D eigenvalue weighted by Crippen LogP contribution is 2.39. The van der Waals surface area contributed by atoms with Crippen LogP contribution in [0.4, 0.5) is 0 Å². The van der Waals surface area contributed by atoms with E-state index in [1.165, 1.54) is 0 Å². The summed E-state index contributed by atoms with van der Waals surface area (Å²) < 4.78 is 0. The van der Waals surface area contributed by atoms with E-state index in [4.69, 9.17) is 0 Å². The molecule has 0 aliphatic rings. The van der Waals surface area contributed by atoms with Crippen molar-refractivity contribution in [3.8, 4) is 17.2 Å². The lowest BCUT2D eigenvalue weighted by Gasteiger charge is -2.12. The molecule has 0 radical (unpaired) electrons. The van der Waals surface area contributed by atoms with Gasteiger partial charge in [0.15, 0.2) is 5.78 Å². The number of pyridine rings is 1. The zero-order valence-corrected chi connectivity index (χ0v) is 16.0. The van der Waals surface area contributed by atoms with Crippen LogP contribution in [0.15, 0.2) is 88.9 Å². The topological polar surface area (TPSA) is 53.8 Å². The van der Waals surface area contributed by atoms with Crippen LogP contribution in [0.25, 0.3) is 21.9 Å². The molecule has 28 heavy (non-hydrogen) atoms. The standard InChI is InChI=1S/C24H16N2OS/c1-16(27)17-5-4-6-19(13-17)28-24-11-12-26-15-23(24)22-10-9-18(14-25)20-7-2-3-8-21(20)22/h2-13,15H,1H3. The van der Waals surface area contributed by atoms with Crippen molar-refractivity contribution in [3.63, 3.8) is 0 Å². The Morgan fingerprint density at radius 1 is 0.964 bits per heavy atom. The van der Waals surface area contributed by atoms with E-state index in [1.54, 1.807) is 24.9 Å². The number of nitriles is 1. The minimum Gasteiger partial charge on any atom is -0.295 e. The molecule has 3 nitrogen and oxygen atoms in total.